The summed E-state index contributed by atoms with van der Waals surface area (Å²) >= 11 is 6.16. The molecule has 0 aliphatic carbocycles. The van der Waals surface area contributed by atoms with Gasteiger partial charge in [0.05, 0.1) is 11.6 Å². The van der Waals surface area contributed by atoms with Crippen LogP contribution in [0.4, 0.5) is 5.69 Å². The number of para-hydroxylation sites is 1. The number of aryl methyl sites for hydroxylation is 2. The van der Waals surface area contributed by atoms with Gasteiger partial charge in [-0.15, -0.1) is 0 Å². The highest BCUT2D eigenvalue weighted by Crippen LogP contribution is 2.14. The van der Waals surface area contributed by atoms with Crippen LogP contribution in [-0.4, -0.2) is 10.5 Å². The van der Waals surface area contributed by atoms with E-state index in [1.807, 2.05) is 44.2 Å². The van der Waals surface area contributed by atoms with Crippen LogP contribution in [-0.2, 0) is 6.54 Å². The fourth-order valence-corrected chi connectivity index (χ4v) is 3.18. The fourth-order valence-electron chi connectivity index (χ4n) is 2.96. The Kier molecular flexibility index (Phi) is 5.24. The number of aromatic nitrogens is 1. The van der Waals surface area contributed by atoms with Crippen LogP contribution in [0.15, 0.2) is 65.6 Å². The largest absolute Gasteiger partial charge is 0.322 e. The van der Waals surface area contributed by atoms with E-state index in [0.717, 1.165) is 16.7 Å². The van der Waals surface area contributed by atoms with Crippen molar-refractivity contribution in [2.45, 2.75) is 20.4 Å². The van der Waals surface area contributed by atoms with Crippen molar-refractivity contribution in [1.29, 1.82) is 0 Å². The minimum atomic E-state index is -0.474. The van der Waals surface area contributed by atoms with Crippen LogP contribution in [0, 0.1) is 13.8 Å². The molecule has 0 unspecified atom stereocenters. The van der Waals surface area contributed by atoms with E-state index in [9.17, 15) is 9.59 Å². The van der Waals surface area contributed by atoms with Crippen LogP contribution in [0.5, 0.6) is 0 Å². The molecule has 0 saturated carbocycles. The molecule has 0 bridgehead atoms. The van der Waals surface area contributed by atoms with Crippen molar-refractivity contribution >= 4 is 23.2 Å². The second kappa shape index (κ2) is 7.58. The Balaban J connectivity index is 1.93. The van der Waals surface area contributed by atoms with Gasteiger partial charge in [-0.1, -0.05) is 59.1 Å². The van der Waals surface area contributed by atoms with E-state index in [0.29, 0.717) is 17.3 Å². The lowest BCUT2D eigenvalue weighted by atomic mass is 10.1. The minimum Gasteiger partial charge on any atom is -0.322 e. The number of benzene rings is 2. The number of nitrogens with zero attached hydrogens (tertiary/aromatic N) is 1. The van der Waals surface area contributed by atoms with Gasteiger partial charge in [0.1, 0.15) is 5.56 Å². The molecule has 0 radical (unpaired) electrons. The average Bonchev–Trinajstić information content (AvgIpc) is 2.57. The summed E-state index contributed by atoms with van der Waals surface area (Å²) in [6, 6.07) is 16.5. The van der Waals surface area contributed by atoms with Crippen LogP contribution >= 0.6 is 11.6 Å². The van der Waals surface area contributed by atoms with Gasteiger partial charge < -0.3 is 9.88 Å². The Hall–Kier alpha value is -2.85. The molecule has 1 aromatic heterocycles. The van der Waals surface area contributed by atoms with Crippen LogP contribution in [0.1, 0.15) is 27.0 Å². The number of anilines is 1. The van der Waals surface area contributed by atoms with Gasteiger partial charge in [0.15, 0.2) is 0 Å². The summed E-state index contributed by atoms with van der Waals surface area (Å²) in [7, 11) is 0. The van der Waals surface area contributed by atoms with Crippen LogP contribution in [0.3, 0.4) is 0 Å². The Bertz CT molecular complexity index is 990. The van der Waals surface area contributed by atoms with E-state index < -0.39 is 5.91 Å². The fraction of sp³-hybridized carbons (Fsp3) is 0.143. The summed E-state index contributed by atoms with van der Waals surface area (Å²) in [5.74, 6) is -0.474. The molecule has 4 nitrogen and oxygen atoms in total. The zero-order valence-corrected chi connectivity index (χ0v) is 15.4. The second-order valence-electron chi connectivity index (χ2n) is 6.32. The predicted molar refractivity (Wildman–Crippen MR) is 105 cm³/mol. The van der Waals surface area contributed by atoms with Crippen molar-refractivity contribution in [3.05, 3.63) is 98.4 Å². The minimum absolute atomic E-state index is 0.0192. The number of carbonyl (C=O) groups excluding carboxylic acids is 1. The average molecular weight is 367 g/mol. The van der Waals surface area contributed by atoms with E-state index >= 15 is 0 Å². The van der Waals surface area contributed by atoms with E-state index in [1.165, 1.54) is 10.6 Å². The number of hydrogen-bond donors (Lipinski definition) is 1. The molecule has 1 amide bonds. The van der Waals surface area contributed by atoms with Crippen LogP contribution in [0.25, 0.3) is 0 Å². The smallest absolute Gasteiger partial charge is 0.263 e. The number of nitrogens with one attached hydrogen (secondary N) is 1. The van der Waals surface area contributed by atoms with Gasteiger partial charge >= 0.3 is 0 Å². The van der Waals surface area contributed by atoms with E-state index in [-0.39, 0.29) is 11.1 Å². The molecule has 0 spiro atoms. The third kappa shape index (κ3) is 4.21. The topological polar surface area (TPSA) is 51.1 Å². The molecule has 5 heteroatoms. The number of rotatable bonds is 4. The highest BCUT2D eigenvalue weighted by atomic mass is 35.5. The molecule has 132 valence electrons. The third-order valence-electron chi connectivity index (χ3n) is 3.96. The maximum atomic E-state index is 12.8. The monoisotopic (exact) mass is 366 g/mol. The lowest BCUT2D eigenvalue weighted by Crippen LogP contribution is -2.29. The molecular formula is C21H19ClN2O2. The summed E-state index contributed by atoms with van der Waals surface area (Å²) < 4.78 is 1.47. The van der Waals surface area contributed by atoms with E-state index in [2.05, 4.69) is 11.4 Å². The van der Waals surface area contributed by atoms with Gasteiger partial charge in [-0.3, -0.25) is 9.59 Å². The Morgan fingerprint density at radius 1 is 1.04 bits per heavy atom. The molecule has 0 atom stereocenters. The lowest BCUT2D eigenvalue weighted by molar-refractivity contribution is 0.102. The molecule has 0 fully saturated rings. The number of pyridine rings is 1. The molecule has 3 rings (SSSR count). The second-order valence-corrected chi connectivity index (χ2v) is 6.76. The Morgan fingerprint density at radius 2 is 1.69 bits per heavy atom. The highest BCUT2D eigenvalue weighted by molar-refractivity contribution is 6.30. The first-order valence-corrected chi connectivity index (χ1v) is 8.64. The maximum absolute atomic E-state index is 12.8. The van der Waals surface area contributed by atoms with Gasteiger partial charge in [-0.05, 0) is 37.6 Å². The van der Waals surface area contributed by atoms with Gasteiger partial charge in [-0.25, -0.2) is 0 Å². The first kappa shape index (κ1) is 18.0. The normalized spacial score (nSPS) is 10.6. The van der Waals surface area contributed by atoms with Crippen LogP contribution < -0.4 is 10.9 Å². The summed E-state index contributed by atoms with van der Waals surface area (Å²) in [4.78, 5) is 25.3. The van der Waals surface area contributed by atoms with Gasteiger partial charge in [0.25, 0.3) is 11.5 Å². The molecular weight excluding hydrogens is 348 g/mol. The predicted octanol–water partition coefficient (Wildman–Crippen LogP) is 4.42. The highest BCUT2D eigenvalue weighted by Gasteiger charge is 2.14. The molecule has 0 saturated heterocycles. The van der Waals surface area contributed by atoms with Crippen molar-refractivity contribution in [3.8, 4) is 0 Å². The summed E-state index contributed by atoms with van der Waals surface area (Å²) in [5.41, 5.74) is 3.50. The lowest BCUT2D eigenvalue weighted by Gasteiger charge is -2.11. The molecule has 0 aliphatic rings. The molecule has 1 N–H and O–H groups in total. The molecule has 1 heterocycles. The van der Waals surface area contributed by atoms with E-state index in [4.69, 9.17) is 11.6 Å². The number of amides is 1. The molecule has 26 heavy (non-hydrogen) atoms. The summed E-state index contributed by atoms with van der Waals surface area (Å²) in [6.45, 7) is 4.37. The summed E-state index contributed by atoms with van der Waals surface area (Å²) in [5, 5.41) is 3.06. The van der Waals surface area contributed by atoms with Crippen molar-refractivity contribution in [3.63, 3.8) is 0 Å². The molecule has 3 aromatic rings. The zero-order valence-electron chi connectivity index (χ0n) is 14.6. The molecule has 2 aromatic carbocycles. The zero-order chi connectivity index (χ0) is 18.7. The Labute approximate surface area is 157 Å². The van der Waals surface area contributed by atoms with Gasteiger partial charge in [0.2, 0.25) is 0 Å². The van der Waals surface area contributed by atoms with Crippen molar-refractivity contribution < 1.29 is 4.79 Å². The SMILES string of the molecule is Cc1cc(C)cc(Cn2cc(Cl)cc(C(=O)Nc3ccccc3)c2=O)c1. The van der Waals surface area contributed by atoms with Gasteiger partial charge in [0, 0.05) is 11.9 Å². The molecule has 0 aliphatic heterocycles. The van der Waals surface area contributed by atoms with Crippen molar-refractivity contribution in [2.75, 3.05) is 5.32 Å². The van der Waals surface area contributed by atoms with Crippen molar-refractivity contribution in [1.82, 2.24) is 4.57 Å². The summed E-state index contributed by atoms with van der Waals surface area (Å²) in [6.07, 6.45) is 1.56. The number of carbonyl (C=O) groups is 1. The maximum Gasteiger partial charge on any atom is 0.263 e. The quantitative estimate of drug-likeness (QED) is 0.743. The first-order valence-electron chi connectivity index (χ1n) is 8.26. The number of hydrogen-bond acceptors (Lipinski definition) is 2. The van der Waals surface area contributed by atoms with Crippen LogP contribution in [0.2, 0.25) is 5.02 Å². The Morgan fingerprint density at radius 3 is 2.35 bits per heavy atom. The van der Waals surface area contributed by atoms with Crippen molar-refractivity contribution in [2.24, 2.45) is 0 Å². The van der Waals surface area contributed by atoms with Gasteiger partial charge in [-0.2, -0.15) is 0 Å². The van der Waals surface area contributed by atoms with E-state index in [1.54, 1.807) is 18.3 Å². The third-order valence-corrected chi connectivity index (χ3v) is 4.17. The number of halogens is 1. The first-order chi connectivity index (χ1) is 12.4. The standard InChI is InChI=1S/C21H19ClN2O2/c1-14-8-15(2)10-16(9-14)12-24-13-17(22)11-19(21(24)26)20(25)23-18-6-4-3-5-7-18/h3-11,13H,12H2,1-2H3,(H,23,25).